The number of carbonyl (C=O) groups is 2. The zero-order chi connectivity index (χ0) is 28.9. The molecule has 1 saturated carbocycles. The predicted octanol–water partition coefficient (Wildman–Crippen LogP) is 4.45. The molecular weight excluding hydrogens is 528 g/mol. The Balaban J connectivity index is 1.46. The van der Waals surface area contributed by atoms with Crippen LogP contribution in [0.4, 0.5) is 29.2 Å². The molecule has 2 aliphatic rings. The summed E-state index contributed by atoms with van der Waals surface area (Å²) in [6.07, 6.45) is -0.291. The number of alkyl halides is 4. The van der Waals surface area contributed by atoms with Crippen molar-refractivity contribution in [3.63, 3.8) is 0 Å². The number of hydrogen-bond donors (Lipinski definition) is 2. The van der Waals surface area contributed by atoms with Gasteiger partial charge in [0.25, 0.3) is 5.91 Å². The summed E-state index contributed by atoms with van der Waals surface area (Å²) in [4.78, 5) is 37.5. The Hall–Kier alpha value is -3.28. The summed E-state index contributed by atoms with van der Waals surface area (Å²) < 4.78 is 53.8. The molecule has 1 aromatic heterocycles. The lowest BCUT2D eigenvalue weighted by Gasteiger charge is -2.35. The normalized spacial score (nSPS) is 20.4. The van der Waals surface area contributed by atoms with Crippen molar-refractivity contribution in [2.45, 2.75) is 50.7 Å². The summed E-state index contributed by atoms with van der Waals surface area (Å²) >= 11 is 0. The Morgan fingerprint density at radius 1 is 1.10 bits per heavy atom. The van der Waals surface area contributed by atoms with Gasteiger partial charge in [0, 0.05) is 43.0 Å². The quantitative estimate of drug-likeness (QED) is 0.438. The highest BCUT2D eigenvalue weighted by molar-refractivity contribution is 5.94. The summed E-state index contributed by atoms with van der Waals surface area (Å²) in [7, 11) is 3.87. The van der Waals surface area contributed by atoms with Gasteiger partial charge in [-0.3, -0.25) is 9.59 Å². The number of hydrogen-bond acceptors (Lipinski definition) is 6. The number of nitrogens with one attached hydrogen (secondary N) is 2. The van der Waals surface area contributed by atoms with E-state index in [2.05, 4.69) is 32.5 Å². The summed E-state index contributed by atoms with van der Waals surface area (Å²) in [5.74, 6) is -1.26. The maximum atomic E-state index is 13.8. The highest BCUT2D eigenvalue weighted by Gasteiger charge is 2.39. The molecule has 0 radical (unpaired) electrons. The molecule has 12 heteroatoms. The van der Waals surface area contributed by atoms with Gasteiger partial charge < -0.3 is 20.4 Å². The lowest BCUT2D eigenvalue weighted by molar-refractivity contribution is -0.138. The van der Waals surface area contributed by atoms with Crippen molar-refractivity contribution in [2.24, 2.45) is 11.8 Å². The second-order valence-electron chi connectivity index (χ2n) is 10.7. The van der Waals surface area contributed by atoms with Gasteiger partial charge in [-0.1, -0.05) is 6.42 Å². The summed E-state index contributed by atoms with van der Waals surface area (Å²) in [6, 6.07) is 6.84. The van der Waals surface area contributed by atoms with Crippen LogP contribution in [0.3, 0.4) is 0 Å². The molecule has 0 bridgehead atoms. The van der Waals surface area contributed by atoms with Gasteiger partial charge in [-0.15, -0.1) is 0 Å². The lowest BCUT2D eigenvalue weighted by Crippen LogP contribution is -2.44. The van der Waals surface area contributed by atoms with Crippen molar-refractivity contribution in [1.82, 2.24) is 25.1 Å². The topological polar surface area (TPSA) is 90.5 Å². The minimum atomic E-state index is -4.65. The van der Waals surface area contributed by atoms with Crippen molar-refractivity contribution in [2.75, 3.05) is 45.7 Å². The molecule has 1 aliphatic carbocycles. The molecule has 2 atom stereocenters. The third-order valence-corrected chi connectivity index (χ3v) is 7.96. The molecule has 0 unspecified atom stereocenters. The highest BCUT2D eigenvalue weighted by atomic mass is 19.4. The number of likely N-dealkylation sites (tertiary alicyclic amines) is 1. The highest BCUT2D eigenvalue weighted by Crippen LogP contribution is 2.38. The van der Waals surface area contributed by atoms with E-state index in [1.165, 1.54) is 0 Å². The van der Waals surface area contributed by atoms with Gasteiger partial charge in [-0.05, 0) is 82.4 Å². The van der Waals surface area contributed by atoms with Gasteiger partial charge in [0.05, 0.1) is 11.3 Å². The predicted molar refractivity (Wildman–Crippen MR) is 143 cm³/mol. The number of benzene rings is 1. The number of piperidine rings is 1. The smallest absolute Gasteiger partial charge is 0.353 e. The second kappa shape index (κ2) is 12.9. The first kappa shape index (κ1) is 29.7. The molecule has 2 fully saturated rings. The number of rotatable bonds is 9. The van der Waals surface area contributed by atoms with Crippen LogP contribution in [-0.4, -0.2) is 78.0 Å². The van der Waals surface area contributed by atoms with Gasteiger partial charge in [0.2, 0.25) is 11.9 Å². The number of nitrogens with zero attached hydrogens (tertiary/aromatic N) is 4. The van der Waals surface area contributed by atoms with Crippen molar-refractivity contribution >= 4 is 23.5 Å². The zero-order valence-corrected chi connectivity index (χ0v) is 22.8. The minimum absolute atomic E-state index is 0.0121. The molecule has 4 rings (SSSR count). The first-order chi connectivity index (χ1) is 19.1. The van der Waals surface area contributed by atoms with E-state index in [4.69, 9.17) is 0 Å². The Morgan fingerprint density at radius 3 is 2.45 bits per heavy atom. The SMILES string of the molecule is CN1CCC(N(C)C(=O)c2ccc(Nc3ncc(C(F)(F)F)c(C[C@@H]4CCC[C@@H]4C(=O)NCCF)n3)cc2)CC1. The van der Waals surface area contributed by atoms with Crippen molar-refractivity contribution in [3.05, 3.63) is 47.3 Å². The molecule has 2 N–H and O–H groups in total. The average molecular weight is 565 g/mol. The first-order valence-corrected chi connectivity index (χ1v) is 13.7. The molecule has 2 aromatic rings. The molecule has 2 amide bonds. The lowest BCUT2D eigenvalue weighted by atomic mass is 9.89. The summed E-state index contributed by atoms with van der Waals surface area (Å²) in [6.45, 7) is 1.06. The Bertz CT molecular complexity index is 1170. The number of halogens is 4. The zero-order valence-electron chi connectivity index (χ0n) is 22.8. The molecule has 1 aliphatic heterocycles. The van der Waals surface area contributed by atoms with Crippen LogP contribution in [0.25, 0.3) is 0 Å². The van der Waals surface area contributed by atoms with Gasteiger partial charge in [-0.2, -0.15) is 13.2 Å². The van der Waals surface area contributed by atoms with Gasteiger partial charge in [0.15, 0.2) is 0 Å². The van der Waals surface area contributed by atoms with Crippen LogP contribution >= 0.6 is 0 Å². The van der Waals surface area contributed by atoms with E-state index >= 15 is 0 Å². The molecule has 1 saturated heterocycles. The van der Waals surface area contributed by atoms with E-state index in [-0.39, 0.29) is 48.4 Å². The van der Waals surface area contributed by atoms with Crippen LogP contribution in [0, 0.1) is 11.8 Å². The number of carbonyl (C=O) groups excluding carboxylic acids is 2. The molecule has 8 nitrogen and oxygen atoms in total. The maximum absolute atomic E-state index is 13.8. The molecule has 1 aromatic carbocycles. The standard InChI is InChI=1S/C28H36F4N6O2/c1-37-14-10-21(11-15-37)38(2)26(40)18-6-8-20(9-7-18)35-27-34-17-23(28(30,31)32)24(36-27)16-19-4-3-5-22(19)25(39)33-13-12-29/h6-9,17,19,21-22H,3-5,10-16H2,1-2H3,(H,33,39)(H,34,35,36)/t19-,22-/m0/s1. The molecule has 40 heavy (non-hydrogen) atoms. The Morgan fingerprint density at radius 2 is 1.80 bits per heavy atom. The van der Waals surface area contributed by atoms with Crippen molar-refractivity contribution < 1.29 is 27.2 Å². The number of aromatic nitrogens is 2. The van der Waals surface area contributed by atoms with E-state index in [1.54, 1.807) is 29.2 Å². The number of anilines is 2. The largest absolute Gasteiger partial charge is 0.419 e. The third kappa shape index (κ3) is 7.26. The van der Waals surface area contributed by atoms with Crippen LogP contribution in [0.5, 0.6) is 0 Å². The molecular formula is C28H36F4N6O2. The fraction of sp³-hybridized carbons (Fsp3) is 0.571. The third-order valence-electron chi connectivity index (χ3n) is 7.96. The average Bonchev–Trinajstić information content (AvgIpc) is 3.39. The molecule has 0 spiro atoms. The van der Waals surface area contributed by atoms with Crippen LogP contribution in [0.2, 0.25) is 0 Å². The van der Waals surface area contributed by atoms with E-state index in [9.17, 15) is 27.2 Å². The summed E-state index contributed by atoms with van der Waals surface area (Å²) in [5, 5.41) is 5.44. The van der Waals surface area contributed by atoms with Gasteiger partial charge in [0.1, 0.15) is 6.67 Å². The maximum Gasteiger partial charge on any atom is 0.419 e. The summed E-state index contributed by atoms with van der Waals surface area (Å²) in [5.41, 5.74) is -0.0923. The minimum Gasteiger partial charge on any atom is -0.353 e. The van der Waals surface area contributed by atoms with E-state index in [0.717, 1.165) is 32.1 Å². The molecule has 218 valence electrons. The Labute approximate surface area is 231 Å². The van der Waals surface area contributed by atoms with Crippen molar-refractivity contribution in [1.29, 1.82) is 0 Å². The molecule has 2 heterocycles. The Kier molecular flexibility index (Phi) is 9.60. The fourth-order valence-electron chi connectivity index (χ4n) is 5.62. The van der Waals surface area contributed by atoms with Crippen LogP contribution in [0.1, 0.15) is 53.7 Å². The van der Waals surface area contributed by atoms with E-state index in [0.29, 0.717) is 30.5 Å². The van der Waals surface area contributed by atoms with Gasteiger partial charge >= 0.3 is 6.18 Å². The van der Waals surface area contributed by atoms with Crippen LogP contribution < -0.4 is 10.6 Å². The van der Waals surface area contributed by atoms with E-state index in [1.807, 2.05) is 7.05 Å². The fourth-order valence-corrected chi connectivity index (χ4v) is 5.62. The number of amides is 2. The van der Waals surface area contributed by atoms with Gasteiger partial charge in [-0.25, -0.2) is 14.4 Å². The van der Waals surface area contributed by atoms with Crippen LogP contribution in [-0.2, 0) is 17.4 Å². The monoisotopic (exact) mass is 564 g/mol. The second-order valence-corrected chi connectivity index (χ2v) is 10.7. The first-order valence-electron chi connectivity index (χ1n) is 13.7. The van der Waals surface area contributed by atoms with Crippen molar-refractivity contribution in [3.8, 4) is 0 Å². The van der Waals surface area contributed by atoms with Crippen LogP contribution in [0.15, 0.2) is 30.5 Å². The van der Waals surface area contributed by atoms with E-state index < -0.39 is 24.3 Å².